The Bertz CT molecular complexity index is 317. The monoisotopic (exact) mass is 219 g/mol. The second kappa shape index (κ2) is 3.87. The quantitative estimate of drug-likeness (QED) is 0.639. The summed E-state index contributed by atoms with van der Waals surface area (Å²) >= 11 is 0. The zero-order chi connectivity index (χ0) is 11.2. The van der Waals surface area contributed by atoms with Crippen LogP contribution in [0.3, 0.4) is 0 Å². The molecule has 2 heterocycles. The molecule has 0 aromatic rings. The largest absolute Gasteiger partial charge is 0.294 e. The van der Waals surface area contributed by atoms with E-state index in [1.54, 1.807) is 0 Å². The van der Waals surface area contributed by atoms with E-state index in [2.05, 4.69) is 18.7 Å². The van der Waals surface area contributed by atoms with Crippen molar-refractivity contribution < 1.29 is 0 Å². The van der Waals surface area contributed by atoms with Crippen LogP contribution in [0.25, 0.3) is 0 Å². The predicted molar refractivity (Wildman–Crippen MR) is 68.5 cm³/mol. The summed E-state index contributed by atoms with van der Waals surface area (Å²) in [6.07, 6.45) is 9.88. The van der Waals surface area contributed by atoms with Crippen LogP contribution in [0.4, 0.5) is 0 Å². The minimum atomic E-state index is 0.476. The highest BCUT2D eigenvalue weighted by Gasteiger charge is 2.47. The second-order valence-electron chi connectivity index (χ2n) is 6.26. The van der Waals surface area contributed by atoms with Crippen LogP contribution in [0.1, 0.15) is 58.8 Å². The van der Waals surface area contributed by atoms with E-state index in [0.717, 1.165) is 5.92 Å². The normalized spacial score (nSPS) is 39.0. The molecule has 2 aliphatic heterocycles. The van der Waals surface area contributed by atoms with Crippen LogP contribution in [0, 0.1) is 5.92 Å². The van der Waals surface area contributed by atoms with E-state index >= 15 is 0 Å². The molecule has 3 rings (SSSR count). The summed E-state index contributed by atoms with van der Waals surface area (Å²) in [6, 6.07) is 0. The predicted octanol–water partition coefficient (Wildman–Crippen LogP) is 3.75. The van der Waals surface area contributed by atoms with Gasteiger partial charge in [-0.1, -0.05) is 24.5 Å². The minimum Gasteiger partial charge on any atom is -0.294 e. The maximum absolute atomic E-state index is 2.80. The Labute approximate surface area is 99.9 Å². The molecule has 3 aliphatic rings. The Hall–Kier alpha value is -0.300. The third-order valence-electron chi connectivity index (χ3n) is 5.23. The van der Waals surface area contributed by atoms with Crippen LogP contribution in [0.15, 0.2) is 11.1 Å². The van der Waals surface area contributed by atoms with Gasteiger partial charge in [0.25, 0.3) is 0 Å². The molecule has 0 aromatic carbocycles. The maximum Gasteiger partial charge on any atom is 0.0398 e. The summed E-state index contributed by atoms with van der Waals surface area (Å²) in [4.78, 5) is 2.80. The zero-order valence-electron chi connectivity index (χ0n) is 10.9. The molecule has 0 aromatic heterocycles. The molecule has 16 heavy (non-hydrogen) atoms. The molecule has 1 heteroatoms. The SMILES string of the molecule is CCCC1CN2CCC3=C(CCC3)C2(C)C1. The Morgan fingerprint density at radius 1 is 1.31 bits per heavy atom. The van der Waals surface area contributed by atoms with E-state index in [0.29, 0.717) is 5.54 Å². The first kappa shape index (κ1) is 10.8. The van der Waals surface area contributed by atoms with Crippen molar-refractivity contribution in [3.05, 3.63) is 11.1 Å². The second-order valence-corrected chi connectivity index (χ2v) is 6.26. The molecule has 1 saturated heterocycles. The Morgan fingerprint density at radius 3 is 3.00 bits per heavy atom. The smallest absolute Gasteiger partial charge is 0.0398 e. The van der Waals surface area contributed by atoms with E-state index in [1.165, 1.54) is 58.0 Å². The maximum atomic E-state index is 2.80. The Kier molecular flexibility index (Phi) is 2.62. The lowest BCUT2D eigenvalue weighted by atomic mass is 9.81. The third kappa shape index (κ3) is 1.48. The highest BCUT2D eigenvalue weighted by Crippen LogP contribution is 2.49. The zero-order valence-corrected chi connectivity index (χ0v) is 10.9. The lowest BCUT2D eigenvalue weighted by Gasteiger charge is -2.41. The molecule has 0 spiro atoms. The number of nitrogens with zero attached hydrogens (tertiary/aromatic N) is 1. The average Bonchev–Trinajstić information content (AvgIpc) is 2.81. The molecule has 90 valence electrons. The molecule has 1 aliphatic carbocycles. The van der Waals surface area contributed by atoms with Crippen molar-refractivity contribution in [3.63, 3.8) is 0 Å². The highest BCUT2D eigenvalue weighted by molar-refractivity contribution is 5.34. The Balaban J connectivity index is 1.85. The number of rotatable bonds is 2. The fourth-order valence-electron chi connectivity index (χ4n) is 4.52. The van der Waals surface area contributed by atoms with Gasteiger partial charge in [-0.25, -0.2) is 0 Å². The summed E-state index contributed by atoms with van der Waals surface area (Å²) in [6.45, 7) is 7.58. The molecular weight excluding hydrogens is 194 g/mol. The van der Waals surface area contributed by atoms with Crippen LogP contribution >= 0.6 is 0 Å². The Morgan fingerprint density at radius 2 is 2.19 bits per heavy atom. The summed E-state index contributed by atoms with van der Waals surface area (Å²) in [7, 11) is 0. The van der Waals surface area contributed by atoms with Gasteiger partial charge >= 0.3 is 0 Å². The van der Waals surface area contributed by atoms with Gasteiger partial charge in [0.15, 0.2) is 0 Å². The number of hydrogen-bond donors (Lipinski definition) is 0. The van der Waals surface area contributed by atoms with Crippen LogP contribution < -0.4 is 0 Å². The van der Waals surface area contributed by atoms with Gasteiger partial charge in [-0.3, -0.25) is 4.90 Å². The first-order chi connectivity index (χ1) is 7.74. The average molecular weight is 219 g/mol. The van der Waals surface area contributed by atoms with Gasteiger partial charge in [0.2, 0.25) is 0 Å². The molecule has 0 bridgehead atoms. The number of hydrogen-bond acceptors (Lipinski definition) is 1. The van der Waals surface area contributed by atoms with E-state index in [9.17, 15) is 0 Å². The highest BCUT2D eigenvalue weighted by atomic mass is 15.2. The lowest BCUT2D eigenvalue weighted by Crippen LogP contribution is -2.45. The molecular formula is C15H25N. The molecule has 0 radical (unpaired) electrons. The van der Waals surface area contributed by atoms with Crippen molar-refractivity contribution in [3.8, 4) is 0 Å². The molecule has 0 saturated carbocycles. The van der Waals surface area contributed by atoms with Crippen molar-refractivity contribution >= 4 is 0 Å². The lowest BCUT2D eigenvalue weighted by molar-refractivity contribution is 0.176. The first-order valence-corrected chi connectivity index (χ1v) is 7.20. The van der Waals surface area contributed by atoms with Crippen molar-refractivity contribution in [2.45, 2.75) is 64.3 Å². The van der Waals surface area contributed by atoms with E-state index < -0.39 is 0 Å². The van der Waals surface area contributed by atoms with Crippen LogP contribution in [0.5, 0.6) is 0 Å². The van der Waals surface area contributed by atoms with Gasteiger partial charge in [-0.15, -0.1) is 0 Å². The van der Waals surface area contributed by atoms with Gasteiger partial charge in [0, 0.05) is 18.6 Å². The molecule has 1 fully saturated rings. The summed E-state index contributed by atoms with van der Waals surface area (Å²) in [5.74, 6) is 0.974. The molecule has 1 nitrogen and oxygen atoms in total. The van der Waals surface area contributed by atoms with Crippen molar-refractivity contribution in [2.24, 2.45) is 5.92 Å². The summed E-state index contributed by atoms with van der Waals surface area (Å²) in [5, 5.41) is 0. The van der Waals surface area contributed by atoms with Gasteiger partial charge < -0.3 is 0 Å². The molecule has 0 amide bonds. The summed E-state index contributed by atoms with van der Waals surface area (Å²) < 4.78 is 0. The first-order valence-electron chi connectivity index (χ1n) is 7.20. The molecule has 2 atom stereocenters. The fourth-order valence-corrected chi connectivity index (χ4v) is 4.52. The molecule has 0 N–H and O–H groups in total. The van der Waals surface area contributed by atoms with Crippen LogP contribution in [-0.2, 0) is 0 Å². The standard InChI is InChI=1S/C15H25N/c1-3-5-12-10-15(2)14-7-4-6-13(14)8-9-16(15)11-12/h12H,3-11H2,1-2H3. The van der Waals surface area contributed by atoms with E-state index in [4.69, 9.17) is 0 Å². The minimum absolute atomic E-state index is 0.476. The fraction of sp³-hybridized carbons (Fsp3) is 0.867. The number of fused-ring (bicyclic) bond motifs is 2. The topological polar surface area (TPSA) is 3.24 Å². The van der Waals surface area contributed by atoms with Gasteiger partial charge in [0.1, 0.15) is 0 Å². The van der Waals surface area contributed by atoms with E-state index in [-0.39, 0.29) is 0 Å². The van der Waals surface area contributed by atoms with Gasteiger partial charge in [-0.2, -0.15) is 0 Å². The van der Waals surface area contributed by atoms with Crippen molar-refractivity contribution in [2.75, 3.05) is 13.1 Å². The van der Waals surface area contributed by atoms with Crippen LogP contribution in [-0.4, -0.2) is 23.5 Å². The van der Waals surface area contributed by atoms with Crippen molar-refractivity contribution in [1.82, 2.24) is 4.90 Å². The van der Waals surface area contributed by atoms with Crippen LogP contribution in [0.2, 0.25) is 0 Å². The third-order valence-corrected chi connectivity index (χ3v) is 5.23. The van der Waals surface area contributed by atoms with Crippen molar-refractivity contribution in [1.29, 1.82) is 0 Å². The van der Waals surface area contributed by atoms with Gasteiger partial charge in [0.05, 0.1) is 0 Å². The molecule has 2 unspecified atom stereocenters. The van der Waals surface area contributed by atoms with E-state index in [1.807, 2.05) is 11.1 Å². The van der Waals surface area contributed by atoms with Gasteiger partial charge in [-0.05, 0) is 51.4 Å². The summed E-state index contributed by atoms with van der Waals surface area (Å²) in [5.41, 5.74) is 4.18.